The zero-order valence-corrected chi connectivity index (χ0v) is 22.2. The summed E-state index contributed by atoms with van der Waals surface area (Å²) in [5, 5.41) is 13.1. The summed E-state index contributed by atoms with van der Waals surface area (Å²) < 4.78 is 68.8. The van der Waals surface area contributed by atoms with E-state index in [0.717, 1.165) is 30.4 Å². The normalized spacial score (nSPS) is 11.3. The van der Waals surface area contributed by atoms with Gasteiger partial charge in [-0.1, -0.05) is 18.2 Å². The van der Waals surface area contributed by atoms with Crippen LogP contribution in [0.15, 0.2) is 46.2 Å². The number of nitro benzene ring substituents is 1. The van der Waals surface area contributed by atoms with Gasteiger partial charge in [0.2, 0.25) is 5.91 Å². The van der Waals surface area contributed by atoms with Crippen molar-refractivity contribution in [2.75, 3.05) is 5.32 Å². The molecule has 11 nitrogen and oxygen atoms in total. The van der Waals surface area contributed by atoms with E-state index < -0.39 is 46.5 Å². The molecule has 31 heavy (non-hydrogen) atoms. The largest absolute Gasteiger partial charge is 1.00 e. The van der Waals surface area contributed by atoms with Crippen molar-refractivity contribution in [3.05, 3.63) is 57.6 Å². The molecule has 0 radical (unpaired) electrons. The van der Waals surface area contributed by atoms with E-state index in [2.05, 4.69) is 5.32 Å². The number of hydrogen-bond donors (Lipinski definition) is 1. The van der Waals surface area contributed by atoms with Crippen molar-refractivity contribution in [2.45, 2.75) is 16.7 Å². The van der Waals surface area contributed by atoms with Gasteiger partial charge in [-0.2, -0.15) is 0 Å². The molecule has 0 bridgehead atoms. The Hall–Kier alpha value is -1.13. The third kappa shape index (κ3) is 8.38. The van der Waals surface area contributed by atoms with Gasteiger partial charge in [0.25, 0.3) is 5.69 Å². The first kappa shape index (κ1) is 29.9. The van der Waals surface area contributed by atoms with E-state index in [-0.39, 0.29) is 75.9 Å². The second-order valence-corrected chi connectivity index (χ2v) is 8.35. The molecule has 2 aromatic rings. The summed E-state index contributed by atoms with van der Waals surface area (Å²) >= 11 is 0. The van der Waals surface area contributed by atoms with Crippen molar-refractivity contribution >= 4 is 49.7 Å². The van der Waals surface area contributed by atoms with E-state index in [1.54, 1.807) is 0 Å². The molecule has 2 rings (SSSR count). The summed E-state index contributed by atoms with van der Waals surface area (Å²) in [7, 11) is -10.1. The number of carbonyl (C=O) groups excluding carboxylic acids is 1. The first-order valence-corrected chi connectivity index (χ1v) is 10.4. The Morgan fingerprint density at radius 3 is 1.77 bits per heavy atom. The molecule has 0 aliphatic carbocycles. The summed E-state index contributed by atoms with van der Waals surface area (Å²) in [6.07, 6.45) is 2.08. The molecule has 0 unspecified atom stereocenters. The second-order valence-electron chi connectivity index (χ2n) is 5.65. The number of nitrogens with zero attached hydrogens (tertiary/aromatic N) is 1. The fourth-order valence-electron chi connectivity index (χ4n) is 2.34. The third-order valence-corrected chi connectivity index (χ3v) is 5.31. The molecule has 2 aromatic carbocycles. The van der Waals surface area contributed by atoms with E-state index >= 15 is 0 Å². The molecule has 0 fully saturated rings. The van der Waals surface area contributed by atoms with Crippen molar-refractivity contribution in [3.8, 4) is 0 Å². The average molecular weight is 486 g/mol. The van der Waals surface area contributed by atoms with Gasteiger partial charge in [0.1, 0.15) is 20.2 Å². The number of benzene rings is 2. The van der Waals surface area contributed by atoms with Gasteiger partial charge < -0.3 is 14.4 Å². The van der Waals surface area contributed by atoms with Crippen LogP contribution in [-0.2, 0) is 25.0 Å². The minimum Gasteiger partial charge on any atom is -0.744 e. The fraction of sp³-hybridized carbons (Fsp3) is 0.0625. The van der Waals surface area contributed by atoms with Crippen molar-refractivity contribution in [2.24, 2.45) is 0 Å². The minimum atomic E-state index is -5.09. The van der Waals surface area contributed by atoms with E-state index in [0.29, 0.717) is 6.07 Å². The van der Waals surface area contributed by atoms with Crippen LogP contribution < -0.4 is 64.4 Å². The van der Waals surface area contributed by atoms with Crippen LogP contribution in [0.2, 0.25) is 0 Å². The number of amides is 1. The number of nitro groups is 1. The number of anilines is 1. The summed E-state index contributed by atoms with van der Waals surface area (Å²) in [6.45, 7) is 1.18. The fourth-order valence-corrected chi connectivity index (χ4v) is 3.73. The van der Waals surface area contributed by atoms with Crippen molar-refractivity contribution < 1.29 is 94.8 Å². The SMILES string of the molecule is CC(=O)Nc1ccc(C=Cc2ccc([N+](=O)[O-])cc2S(=O)(=O)[O-])c(S(=O)(=O)[O-])c1.[Na+].[Na+]. The molecule has 0 aliphatic rings. The van der Waals surface area contributed by atoms with Crippen LogP contribution in [0.4, 0.5) is 11.4 Å². The standard InChI is InChI=1S/C16H14N2O9S2.2Na/c1-10(19)17-13-6-4-11(15(8-13)28(22,23)24)2-3-12-5-7-14(18(20)21)9-16(12)29(25,26)27;;/h2-9H,1H3,(H,17,19)(H,22,23,24)(H,25,26,27);;/q;2*+1/p-2. The second kappa shape index (κ2) is 11.7. The van der Waals surface area contributed by atoms with Crippen LogP contribution in [0.3, 0.4) is 0 Å². The van der Waals surface area contributed by atoms with E-state index in [4.69, 9.17) is 0 Å². The molecule has 0 spiro atoms. The molecule has 1 N–H and O–H groups in total. The average Bonchev–Trinajstić information content (AvgIpc) is 2.58. The van der Waals surface area contributed by atoms with Gasteiger partial charge in [0.15, 0.2) is 0 Å². The van der Waals surface area contributed by atoms with Crippen molar-refractivity contribution in [3.63, 3.8) is 0 Å². The molecule has 15 heteroatoms. The summed E-state index contributed by atoms with van der Waals surface area (Å²) in [5.41, 5.74) is -0.978. The van der Waals surface area contributed by atoms with Crippen molar-refractivity contribution in [1.29, 1.82) is 0 Å². The molecule has 0 heterocycles. The first-order chi connectivity index (χ1) is 13.3. The summed E-state index contributed by atoms with van der Waals surface area (Å²) in [4.78, 5) is 19.4. The van der Waals surface area contributed by atoms with Gasteiger partial charge in [0, 0.05) is 24.7 Å². The maximum absolute atomic E-state index is 11.5. The molecule has 0 aliphatic heterocycles. The van der Waals surface area contributed by atoms with Gasteiger partial charge >= 0.3 is 59.1 Å². The zero-order chi connectivity index (χ0) is 22.0. The van der Waals surface area contributed by atoms with Gasteiger partial charge in [-0.05, 0) is 29.3 Å². The predicted molar refractivity (Wildman–Crippen MR) is 98.7 cm³/mol. The van der Waals surface area contributed by atoms with E-state index in [9.17, 15) is 40.8 Å². The molecule has 0 saturated heterocycles. The summed E-state index contributed by atoms with van der Waals surface area (Å²) in [6, 6.07) is 5.94. The smallest absolute Gasteiger partial charge is 0.744 e. The van der Waals surface area contributed by atoms with Gasteiger partial charge in [-0.25, -0.2) is 16.8 Å². The minimum absolute atomic E-state index is 0. The number of carbonyl (C=O) groups is 1. The van der Waals surface area contributed by atoms with Crippen LogP contribution >= 0.6 is 0 Å². The Morgan fingerprint density at radius 2 is 1.35 bits per heavy atom. The van der Waals surface area contributed by atoms with E-state index in [1.165, 1.54) is 19.1 Å². The molecule has 0 atom stereocenters. The number of non-ortho nitro benzene ring substituents is 1. The Bertz CT molecular complexity index is 1240. The first-order valence-electron chi connectivity index (χ1n) is 7.59. The predicted octanol–water partition coefficient (Wildman–Crippen LogP) is -4.46. The molecule has 154 valence electrons. The quantitative estimate of drug-likeness (QED) is 0.138. The Balaban J connectivity index is 0.00000450. The monoisotopic (exact) mass is 486 g/mol. The van der Waals surface area contributed by atoms with Crippen LogP contribution in [0, 0.1) is 10.1 Å². The molecular weight excluding hydrogens is 474 g/mol. The van der Waals surface area contributed by atoms with Crippen LogP contribution in [0.1, 0.15) is 18.1 Å². The molecule has 0 aromatic heterocycles. The Kier molecular flexibility index (Phi) is 11.2. The maximum atomic E-state index is 11.5. The van der Waals surface area contributed by atoms with Crippen LogP contribution in [0.5, 0.6) is 0 Å². The van der Waals surface area contributed by atoms with Gasteiger partial charge in [-0.15, -0.1) is 0 Å². The molecular formula is C16H12N2Na2O9S2. The number of nitrogens with one attached hydrogen (secondary N) is 1. The third-order valence-electron chi connectivity index (χ3n) is 3.52. The Morgan fingerprint density at radius 1 is 0.903 bits per heavy atom. The van der Waals surface area contributed by atoms with Crippen molar-refractivity contribution in [1.82, 2.24) is 0 Å². The Labute approximate surface area is 222 Å². The van der Waals surface area contributed by atoms with Crippen LogP contribution in [0.25, 0.3) is 12.2 Å². The van der Waals surface area contributed by atoms with Gasteiger partial charge in [0.05, 0.1) is 14.7 Å². The topological polar surface area (TPSA) is 187 Å². The molecule has 1 amide bonds. The van der Waals surface area contributed by atoms with Crippen LogP contribution in [-0.4, -0.2) is 36.8 Å². The zero-order valence-electron chi connectivity index (χ0n) is 16.6. The summed E-state index contributed by atoms with van der Waals surface area (Å²) in [5.74, 6) is -0.501. The van der Waals surface area contributed by atoms with E-state index in [1.807, 2.05) is 0 Å². The van der Waals surface area contributed by atoms with Gasteiger partial charge in [-0.3, -0.25) is 14.9 Å². The number of hydrogen-bond acceptors (Lipinski definition) is 9. The number of rotatable bonds is 6. The molecule has 0 saturated carbocycles. The maximum Gasteiger partial charge on any atom is 1.00 e.